The molecule has 1 unspecified atom stereocenters. The number of nitrogens with one attached hydrogen (secondary N) is 1. The van der Waals surface area contributed by atoms with E-state index in [-0.39, 0.29) is 5.56 Å². The fourth-order valence-electron chi connectivity index (χ4n) is 2.12. The fourth-order valence-corrected chi connectivity index (χ4v) is 2.12. The smallest absolute Gasteiger partial charge is 0.131 e. The van der Waals surface area contributed by atoms with Gasteiger partial charge in [-0.25, -0.2) is 8.78 Å². The lowest BCUT2D eigenvalue weighted by molar-refractivity contribution is 0.510. The molecule has 2 nitrogen and oxygen atoms in total. The molecule has 1 aromatic heterocycles. The van der Waals surface area contributed by atoms with E-state index in [1.54, 1.807) is 12.3 Å². The summed E-state index contributed by atoms with van der Waals surface area (Å²) in [5.41, 5.74) is 1.67. The van der Waals surface area contributed by atoms with E-state index in [0.717, 1.165) is 11.3 Å². The third-order valence-electron chi connectivity index (χ3n) is 2.95. The van der Waals surface area contributed by atoms with Crippen LogP contribution in [0.4, 0.5) is 8.78 Å². The van der Waals surface area contributed by atoms with Crippen molar-refractivity contribution >= 4 is 0 Å². The number of halogens is 2. The molecular formula is C15H16F2N2. The first-order valence-corrected chi connectivity index (χ1v) is 6.23. The highest BCUT2D eigenvalue weighted by atomic mass is 19.1. The minimum absolute atomic E-state index is 0.0509. The lowest BCUT2D eigenvalue weighted by Crippen LogP contribution is -2.24. The van der Waals surface area contributed by atoms with Gasteiger partial charge in [-0.1, -0.05) is 13.0 Å². The molecule has 1 heterocycles. The highest BCUT2D eigenvalue weighted by Gasteiger charge is 2.21. The van der Waals surface area contributed by atoms with Gasteiger partial charge in [0.15, 0.2) is 0 Å². The zero-order valence-corrected chi connectivity index (χ0v) is 11.0. The van der Waals surface area contributed by atoms with Crippen LogP contribution in [0.5, 0.6) is 0 Å². The van der Waals surface area contributed by atoms with E-state index in [2.05, 4.69) is 10.3 Å². The molecule has 0 aliphatic heterocycles. The van der Waals surface area contributed by atoms with Gasteiger partial charge in [-0.15, -0.1) is 0 Å². The molecular weight excluding hydrogens is 246 g/mol. The summed E-state index contributed by atoms with van der Waals surface area (Å²) in [5, 5.41) is 3.12. The number of rotatable bonds is 4. The summed E-state index contributed by atoms with van der Waals surface area (Å²) >= 11 is 0. The molecule has 1 atom stereocenters. The van der Waals surface area contributed by atoms with Gasteiger partial charge < -0.3 is 5.32 Å². The first-order chi connectivity index (χ1) is 9.13. The van der Waals surface area contributed by atoms with E-state index >= 15 is 0 Å². The number of hydrogen-bond donors (Lipinski definition) is 1. The highest BCUT2D eigenvalue weighted by Crippen LogP contribution is 2.26. The van der Waals surface area contributed by atoms with Gasteiger partial charge in [-0.05, 0) is 43.3 Å². The van der Waals surface area contributed by atoms with Crippen molar-refractivity contribution in [2.45, 2.75) is 19.9 Å². The predicted molar refractivity (Wildman–Crippen MR) is 70.9 cm³/mol. The third kappa shape index (κ3) is 2.96. The standard InChI is InChI=1S/C15H16F2N2/c1-3-18-15(11-7-8-19-10(2)9-11)14-12(16)5-4-6-13(14)17/h4-9,15,18H,3H2,1-2H3. The number of aromatic nitrogens is 1. The van der Waals surface area contributed by atoms with E-state index in [0.29, 0.717) is 6.54 Å². The Bertz CT molecular complexity index is 550. The van der Waals surface area contributed by atoms with Crippen LogP contribution < -0.4 is 5.32 Å². The van der Waals surface area contributed by atoms with Crippen molar-refractivity contribution in [2.75, 3.05) is 6.54 Å². The molecule has 2 rings (SSSR count). The van der Waals surface area contributed by atoms with Crippen molar-refractivity contribution in [3.05, 3.63) is 65.0 Å². The van der Waals surface area contributed by atoms with Crippen LogP contribution in [-0.4, -0.2) is 11.5 Å². The molecule has 1 N–H and O–H groups in total. The van der Waals surface area contributed by atoms with Crippen LogP contribution in [-0.2, 0) is 0 Å². The number of hydrogen-bond acceptors (Lipinski definition) is 2. The number of pyridine rings is 1. The summed E-state index contributed by atoms with van der Waals surface area (Å²) in [7, 11) is 0. The first kappa shape index (κ1) is 13.6. The molecule has 0 aliphatic carbocycles. The molecule has 0 saturated heterocycles. The first-order valence-electron chi connectivity index (χ1n) is 6.23. The summed E-state index contributed by atoms with van der Waals surface area (Å²) in [6, 6.07) is 7.02. The van der Waals surface area contributed by atoms with E-state index in [9.17, 15) is 8.78 Å². The lowest BCUT2D eigenvalue weighted by Gasteiger charge is -2.20. The van der Waals surface area contributed by atoms with Crippen LogP contribution in [0.15, 0.2) is 36.5 Å². The molecule has 0 aliphatic rings. The Labute approximate surface area is 111 Å². The molecule has 0 bridgehead atoms. The topological polar surface area (TPSA) is 24.9 Å². The van der Waals surface area contributed by atoms with Gasteiger partial charge in [0.25, 0.3) is 0 Å². The molecule has 2 aromatic rings. The zero-order chi connectivity index (χ0) is 13.8. The third-order valence-corrected chi connectivity index (χ3v) is 2.95. The number of benzene rings is 1. The van der Waals surface area contributed by atoms with E-state index in [1.165, 1.54) is 18.2 Å². The predicted octanol–water partition coefficient (Wildman–Crippen LogP) is 3.37. The van der Waals surface area contributed by atoms with Gasteiger partial charge in [0, 0.05) is 17.5 Å². The van der Waals surface area contributed by atoms with E-state index in [4.69, 9.17) is 0 Å². The van der Waals surface area contributed by atoms with Gasteiger partial charge in [-0.3, -0.25) is 4.98 Å². The van der Waals surface area contributed by atoms with Gasteiger partial charge in [0.2, 0.25) is 0 Å². The minimum atomic E-state index is -0.541. The molecule has 19 heavy (non-hydrogen) atoms. The maximum atomic E-state index is 13.9. The van der Waals surface area contributed by atoms with Gasteiger partial charge in [0.1, 0.15) is 11.6 Å². The van der Waals surface area contributed by atoms with E-state index < -0.39 is 17.7 Å². The monoisotopic (exact) mass is 262 g/mol. The molecule has 100 valence electrons. The SMILES string of the molecule is CCNC(c1ccnc(C)c1)c1c(F)cccc1F. The second-order valence-corrected chi connectivity index (χ2v) is 4.36. The molecule has 0 amide bonds. The van der Waals surface area contributed by atoms with E-state index in [1.807, 2.05) is 19.9 Å². The van der Waals surface area contributed by atoms with Gasteiger partial charge in [-0.2, -0.15) is 0 Å². The summed E-state index contributed by atoms with van der Waals surface area (Å²) in [4.78, 5) is 4.11. The summed E-state index contributed by atoms with van der Waals surface area (Å²) in [6.45, 7) is 4.36. The van der Waals surface area contributed by atoms with Crippen molar-refractivity contribution < 1.29 is 8.78 Å². The van der Waals surface area contributed by atoms with Crippen molar-refractivity contribution in [3.63, 3.8) is 0 Å². The van der Waals surface area contributed by atoms with Crippen molar-refractivity contribution in [1.82, 2.24) is 10.3 Å². The maximum absolute atomic E-state index is 13.9. The Morgan fingerprint density at radius 3 is 2.47 bits per heavy atom. The maximum Gasteiger partial charge on any atom is 0.131 e. The average Bonchev–Trinajstić information content (AvgIpc) is 2.37. The molecule has 0 spiro atoms. The molecule has 0 radical (unpaired) electrons. The zero-order valence-electron chi connectivity index (χ0n) is 11.0. The van der Waals surface area contributed by atoms with Crippen LogP contribution in [0.3, 0.4) is 0 Å². The summed E-state index contributed by atoms with van der Waals surface area (Å²) in [6.07, 6.45) is 1.65. The number of nitrogens with zero attached hydrogens (tertiary/aromatic N) is 1. The highest BCUT2D eigenvalue weighted by molar-refractivity contribution is 5.33. The Kier molecular flexibility index (Phi) is 4.22. The molecule has 0 saturated carbocycles. The molecule has 4 heteroatoms. The Morgan fingerprint density at radius 1 is 1.21 bits per heavy atom. The van der Waals surface area contributed by atoms with Gasteiger partial charge in [0.05, 0.1) is 6.04 Å². The Balaban J connectivity index is 2.51. The van der Waals surface area contributed by atoms with Crippen LogP contribution in [0.2, 0.25) is 0 Å². The normalized spacial score (nSPS) is 12.4. The quantitative estimate of drug-likeness (QED) is 0.913. The second-order valence-electron chi connectivity index (χ2n) is 4.36. The van der Waals surface area contributed by atoms with Gasteiger partial charge >= 0.3 is 0 Å². The second kappa shape index (κ2) is 5.89. The van der Waals surface area contributed by atoms with Crippen LogP contribution in [0.25, 0.3) is 0 Å². The number of aryl methyl sites for hydroxylation is 1. The minimum Gasteiger partial charge on any atom is -0.306 e. The lowest BCUT2D eigenvalue weighted by atomic mass is 9.98. The van der Waals surface area contributed by atoms with Crippen molar-refractivity contribution in [3.8, 4) is 0 Å². The Hall–Kier alpha value is -1.81. The molecule has 1 aromatic carbocycles. The summed E-state index contributed by atoms with van der Waals surface area (Å²) < 4.78 is 27.8. The van der Waals surface area contributed by atoms with Crippen LogP contribution in [0, 0.1) is 18.6 Å². The average molecular weight is 262 g/mol. The van der Waals surface area contributed by atoms with Crippen molar-refractivity contribution in [2.24, 2.45) is 0 Å². The summed E-state index contributed by atoms with van der Waals surface area (Å²) in [5.74, 6) is -1.08. The Morgan fingerprint density at radius 2 is 1.89 bits per heavy atom. The largest absolute Gasteiger partial charge is 0.306 e. The molecule has 0 fully saturated rings. The fraction of sp³-hybridized carbons (Fsp3) is 0.267. The van der Waals surface area contributed by atoms with Crippen LogP contribution in [0.1, 0.15) is 29.8 Å². The van der Waals surface area contributed by atoms with Crippen molar-refractivity contribution in [1.29, 1.82) is 0 Å². The van der Waals surface area contributed by atoms with Crippen LogP contribution >= 0.6 is 0 Å².